The number of rotatable bonds is 6. The van der Waals surface area contributed by atoms with Crippen LogP contribution in [0.5, 0.6) is 0 Å². The molecule has 198 valence electrons. The number of piperidine rings is 1. The Kier molecular flexibility index (Phi) is 7.59. The molecule has 0 atom stereocenters. The SMILES string of the molecule is CCOC(=O)c1c(C)cc2c(c1C)c(=O)n(-c1ccccc1C(F)(F)F)c(=O)n2CCN1CCCCC1. The molecule has 1 aliphatic heterocycles. The van der Waals surface area contributed by atoms with Gasteiger partial charge in [-0.05, 0) is 76.0 Å². The second-order valence-corrected chi connectivity index (χ2v) is 9.30. The van der Waals surface area contributed by atoms with E-state index in [0.29, 0.717) is 16.7 Å². The lowest BCUT2D eigenvalue weighted by Gasteiger charge is -2.27. The fraction of sp³-hybridized carbons (Fsp3) is 0.444. The normalized spacial score (nSPS) is 14.8. The van der Waals surface area contributed by atoms with Crippen LogP contribution in [0.25, 0.3) is 16.6 Å². The minimum atomic E-state index is -4.78. The van der Waals surface area contributed by atoms with E-state index in [2.05, 4.69) is 4.90 Å². The van der Waals surface area contributed by atoms with Gasteiger partial charge in [-0.2, -0.15) is 13.2 Å². The van der Waals surface area contributed by atoms with Gasteiger partial charge < -0.3 is 9.64 Å². The van der Waals surface area contributed by atoms with Gasteiger partial charge in [-0.15, -0.1) is 0 Å². The van der Waals surface area contributed by atoms with Crippen LogP contribution >= 0.6 is 0 Å². The third kappa shape index (κ3) is 5.07. The summed E-state index contributed by atoms with van der Waals surface area (Å²) >= 11 is 0. The highest BCUT2D eigenvalue weighted by molar-refractivity contribution is 5.99. The Hall–Kier alpha value is -3.40. The van der Waals surface area contributed by atoms with E-state index in [1.54, 1.807) is 26.8 Å². The molecule has 2 aromatic carbocycles. The van der Waals surface area contributed by atoms with Crippen molar-refractivity contribution in [2.75, 3.05) is 26.2 Å². The predicted molar refractivity (Wildman–Crippen MR) is 135 cm³/mol. The average Bonchev–Trinajstić information content (AvgIpc) is 2.84. The molecule has 2 heterocycles. The number of benzene rings is 2. The molecule has 4 rings (SSSR count). The molecule has 1 saturated heterocycles. The fourth-order valence-electron chi connectivity index (χ4n) is 5.15. The van der Waals surface area contributed by atoms with Crippen molar-refractivity contribution in [3.05, 3.63) is 73.4 Å². The summed E-state index contributed by atoms with van der Waals surface area (Å²) in [6.45, 7) is 7.44. The summed E-state index contributed by atoms with van der Waals surface area (Å²) in [5.41, 5.74) is -2.16. The molecule has 0 aliphatic carbocycles. The third-order valence-electron chi connectivity index (χ3n) is 6.90. The molecular weight excluding hydrogens is 487 g/mol. The van der Waals surface area contributed by atoms with E-state index >= 15 is 0 Å². The molecule has 0 bridgehead atoms. The Morgan fingerprint density at radius 1 is 1.03 bits per heavy atom. The van der Waals surface area contributed by atoms with Gasteiger partial charge in [0, 0.05) is 13.1 Å². The highest BCUT2D eigenvalue weighted by atomic mass is 19.4. The van der Waals surface area contributed by atoms with Gasteiger partial charge in [0.05, 0.1) is 34.3 Å². The maximum absolute atomic E-state index is 13.9. The van der Waals surface area contributed by atoms with Crippen LogP contribution in [-0.2, 0) is 17.5 Å². The lowest BCUT2D eigenvalue weighted by atomic mass is 9.98. The van der Waals surface area contributed by atoms with Crippen molar-refractivity contribution in [3.63, 3.8) is 0 Å². The van der Waals surface area contributed by atoms with E-state index in [0.717, 1.165) is 44.5 Å². The molecule has 0 saturated carbocycles. The molecule has 1 aromatic heterocycles. The van der Waals surface area contributed by atoms with Crippen LogP contribution < -0.4 is 11.2 Å². The van der Waals surface area contributed by atoms with E-state index in [1.807, 2.05) is 0 Å². The number of hydrogen-bond acceptors (Lipinski definition) is 5. The molecule has 7 nitrogen and oxygen atoms in total. The number of halogens is 3. The molecule has 37 heavy (non-hydrogen) atoms. The maximum atomic E-state index is 13.9. The number of ether oxygens (including phenoxy) is 1. The first kappa shape index (κ1) is 26.7. The second kappa shape index (κ2) is 10.5. The van der Waals surface area contributed by atoms with Gasteiger partial charge in [0.25, 0.3) is 5.56 Å². The first-order valence-corrected chi connectivity index (χ1v) is 12.4. The van der Waals surface area contributed by atoms with E-state index in [-0.39, 0.29) is 35.2 Å². The first-order valence-electron chi connectivity index (χ1n) is 12.4. The van der Waals surface area contributed by atoms with Crippen molar-refractivity contribution in [2.45, 2.75) is 52.8 Å². The summed E-state index contributed by atoms with van der Waals surface area (Å²) in [5.74, 6) is -0.632. The molecule has 0 amide bonds. The van der Waals surface area contributed by atoms with E-state index in [1.165, 1.54) is 16.7 Å². The third-order valence-corrected chi connectivity index (χ3v) is 6.90. The van der Waals surface area contributed by atoms with Crippen LogP contribution in [-0.4, -0.2) is 46.2 Å². The number of aromatic nitrogens is 2. The molecule has 0 radical (unpaired) electrons. The summed E-state index contributed by atoms with van der Waals surface area (Å²) < 4.78 is 48.8. The number of alkyl halides is 3. The Bertz CT molecular complexity index is 1450. The minimum absolute atomic E-state index is 0.0175. The van der Waals surface area contributed by atoms with E-state index in [4.69, 9.17) is 4.74 Å². The Morgan fingerprint density at radius 3 is 2.35 bits per heavy atom. The molecule has 1 fully saturated rings. The number of para-hydroxylation sites is 1. The fourth-order valence-corrected chi connectivity index (χ4v) is 5.15. The number of aryl methyl sites for hydroxylation is 2. The monoisotopic (exact) mass is 517 g/mol. The summed E-state index contributed by atoms with van der Waals surface area (Å²) in [6.07, 6.45) is -1.58. The average molecular weight is 518 g/mol. The van der Waals surface area contributed by atoms with Gasteiger partial charge >= 0.3 is 17.8 Å². The van der Waals surface area contributed by atoms with Crippen molar-refractivity contribution in [1.82, 2.24) is 14.0 Å². The number of fused-ring (bicyclic) bond motifs is 1. The molecule has 10 heteroatoms. The molecule has 0 spiro atoms. The highest BCUT2D eigenvalue weighted by Crippen LogP contribution is 2.33. The first-order chi connectivity index (χ1) is 17.6. The number of hydrogen-bond donors (Lipinski definition) is 0. The number of carbonyl (C=O) groups is 1. The number of esters is 1. The van der Waals surface area contributed by atoms with Crippen LogP contribution in [0.15, 0.2) is 39.9 Å². The zero-order chi connectivity index (χ0) is 26.9. The molecule has 3 aromatic rings. The minimum Gasteiger partial charge on any atom is -0.462 e. The van der Waals surface area contributed by atoms with Crippen LogP contribution in [0.2, 0.25) is 0 Å². The van der Waals surface area contributed by atoms with Gasteiger partial charge in [0.2, 0.25) is 0 Å². The predicted octanol–water partition coefficient (Wildman–Crippen LogP) is 4.45. The van der Waals surface area contributed by atoms with Crippen LogP contribution in [0.1, 0.15) is 53.2 Å². The topological polar surface area (TPSA) is 73.5 Å². The van der Waals surface area contributed by atoms with Gasteiger partial charge in [-0.25, -0.2) is 14.2 Å². The zero-order valence-electron chi connectivity index (χ0n) is 21.2. The molecule has 1 aliphatic rings. The van der Waals surface area contributed by atoms with Crippen LogP contribution in [0, 0.1) is 13.8 Å². The largest absolute Gasteiger partial charge is 0.462 e. The van der Waals surface area contributed by atoms with Gasteiger partial charge in [-0.1, -0.05) is 18.6 Å². The van der Waals surface area contributed by atoms with Gasteiger partial charge in [0.1, 0.15) is 0 Å². The Labute approximate surface area is 212 Å². The summed E-state index contributed by atoms with van der Waals surface area (Å²) in [7, 11) is 0. The van der Waals surface area contributed by atoms with Gasteiger partial charge in [0.15, 0.2) is 0 Å². The van der Waals surface area contributed by atoms with Crippen molar-refractivity contribution < 1.29 is 22.7 Å². The number of carbonyl (C=O) groups excluding carboxylic acids is 1. The molecule has 0 unspecified atom stereocenters. The molecule has 0 N–H and O–H groups in total. The van der Waals surface area contributed by atoms with Crippen LogP contribution in [0.4, 0.5) is 13.2 Å². The maximum Gasteiger partial charge on any atom is 0.418 e. The zero-order valence-corrected chi connectivity index (χ0v) is 21.2. The Morgan fingerprint density at radius 2 is 1.70 bits per heavy atom. The van der Waals surface area contributed by atoms with Crippen LogP contribution in [0.3, 0.4) is 0 Å². The number of likely N-dealkylation sites (tertiary alicyclic amines) is 1. The van der Waals surface area contributed by atoms with Gasteiger partial charge in [-0.3, -0.25) is 9.36 Å². The second-order valence-electron chi connectivity index (χ2n) is 9.30. The smallest absolute Gasteiger partial charge is 0.418 e. The number of nitrogens with zero attached hydrogens (tertiary/aromatic N) is 3. The summed E-state index contributed by atoms with van der Waals surface area (Å²) in [5, 5.41) is 0.0175. The highest BCUT2D eigenvalue weighted by Gasteiger charge is 2.35. The lowest BCUT2D eigenvalue weighted by molar-refractivity contribution is -0.137. The van der Waals surface area contributed by atoms with E-state index in [9.17, 15) is 27.6 Å². The Balaban J connectivity index is 2.04. The van der Waals surface area contributed by atoms with Crippen molar-refractivity contribution in [3.8, 4) is 5.69 Å². The molecular formula is C27H30F3N3O4. The van der Waals surface area contributed by atoms with E-state index < -0.39 is 34.6 Å². The lowest BCUT2D eigenvalue weighted by Crippen LogP contribution is -2.42. The summed E-state index contributed by atoms with van der Waals surface area (Å²) in [6, 6.07) is 6.09. The van der Waals surface area contributed by atoms with Crippen molar-refractivity contribution in [2.24, 2.45) is 0 Å². The summed E-state index contributed by atoms with van der Waals surface area (Å²) in [4.78, 5) is 42.4. The quantitative estimate of drug-likeness (QED) is 0.452. The standard InChI is InChI=1S/C27H30F3N3O4/c1-4-37-25(35)22-17(2)16-21-23(18(22)3)24(34)33(20-11-7-6-10-19(20)27(28,29)30)26(36)32(21)15-14-31-12-8-5-9-13-31/h6-7,10-11,16H,4-5,8-9,12-15H2,1-3H3. The van der Waals surface area contributed by atoms with Crippen molar-refractivity contribution >= 4 is 16.9 Å². The van der Waals surface area contributed by atoms with Crippen molar-refractivity contribution in [1.29, 1.82) is 0 Å².